The lowest BCUT2D eigenvalue weighted by molar-refractivity contribution is -0.384. The van der Waals surface area contributed by atoms with Gasteiger partial charge in [0, 0.05) is 12.1 Å². The number of nitro groups is 1. The Morgan fingerprint density at radius 1 is 1.48 bits per heavy atom. The van der Waals surface area contributed by atoms with Gasteiger partial charge in [-0.05, 0) is 34.6 Å². The molecule has 110 valence electrons. The number of nitro benzene ring substituents is 1. The summed E-state index contributed by atoms with van der Waals surface area (Å²) in [6.07, 6.45) is 0. The van der Waals surface area contributed by atoms with Crippen LogP contribution in [0.2, 0.25) is 0 Å². The minimum absolute atomic E-state index is 0.0248. The van der Waals surface area contributed by atoms with Gasteiger partial charge >= 0.3 is 5.97 Å². The van der Waals surface area contributed by atoms with E-state index < -0.39 is 10.9 Å². The lowest BCUT2D eigenvalue weighted by Gasteiger charge is -2.10. The molecule has 0 spiro atoms. The number of aromatic carboxylic acids is 1. The van der Waals surface area contributed by atoms with E-state index in [9.17, 15) is 20.0 Å². The van der Waals surface area contributed by atoms with E-state index in [0.717, 1.165) is 0 Å². The molecule has 0 bridgehead atoms. The summed E-state index contributed by atoms with van der Waals surface area (Å²) >= 11 is 1.94. The monoisotopic (exact) mass is 401 g/mol. The van der Waals surface area contributed by atoms with Crippen LogP contribution in [0.5, 0.6) is 0 Å². The van der Waals surface area contributed by atoms with Crippen molar-refractivity contribution in [3.05, 3.63) is 49.3 Å². The number of halogens is 1. The largest absolute Gasteiger partial charge is 0.476 e. The Morgan fingerprint density at radius 2 is 2.14 bits per heavy atom. The van der Waals surface area contributed by atoms with Gasteiger partial charge < -0.3 is 5.11 Å². The zero-order valence-corrected chi connectivity index (χ0v) is 13.4. The number of nitrogens with zero attached hydrogens (tertiary/aromatic N) is 3. The van der Waals surface area contributed by atoms with Crippen LogP contribution in [0.25, 0.3) is 5.69 Å². The minimum Gasteiger partial charge on any atom is -0.476 e. The van der Waals surface area contributed by atoms with Crippen molar-refractivity contribution >= 4 is 34.2 Å². The highest BCUT2D eigenvalue weighted by Crippen LogP contribution is 2.28. The molecule has 1 aromatic heterocycles. The van der Waals surface area contributed by atoms with Crippen molar-refractivity contribution in [3.63, 3.8) is 0 Å². The Balaban J connectivity index is 2.68. The van der Waals surface area contributed by atoms with E-state index in [1.54, 1.807) is 12.1 Å². The van der Waals surface area contributed by atoms with E-state index in [0.29, 0.717) is 15.0 Å². The maximum absolute atomic E-state index is 11.2. The fourth-order valence-corrected chi connectivity index (χ4v) is 3.17. The van der Waals surface area contributed by atoms with Crippen LogP contribution in [0.4, 0.5) is 5.69 Å². The van der Waals surface area contributed by atoms with Crippen LogP contribution in [0.15, 0.2) is 24.3 Å². The average Bonchev–Trinajstić information content (AvgIpc) is 2.76. The van der Waals surface area contributed by atoms with Crippen molar-refractivity contribution < 1.29 is 14.8 Å². The first-order chi connectivity index (χ1) is 9.82. The zero-order valence-electron chi connectivity index (χ0n) is 11.3. The smallest absolute Gasteiger partial charge is 0.357 e. The van der Waals surface area contributed by atoms with E-state index in [-0.39, 0.29) is 17.3 Å². The fraction of sp³-hybridized carbons (Fsp3) is 0.231. The molecule has 0 aliphatic heterocycles. The predicted molar refractivity (Wildman–Crippen MR) is 84.0 cm³/mol. The molecule has 2 aromatic rings. The lowest BCUT2D eigenvalue weighted by atomic mass is 10.1. The van der Waals surface area contributed by atoms with Gasteiger partial charge in [0.1, 0.15) is 0 Å². The maximum atomic E-state index is 11.2. The topological polar surface area (TPSA) is 98.3 Å². The van der Waals surface area contributed by atoms with Gasteiger partial charge in [0.2, 0.25) is 0 Å². The lowest BCUT2D eigenvalue weighted by Crippen LogP contribution is -2.05. The Bertz CT molecular complexity index is 724. The van der Waals surface area contributed by atoms with Crippen molar-refractivity contribution in [2.45, 2.75) is 19.8 Å². The number of hydrogen-bond donors (Lipinski definition) is 1. The Hall–Kier alpha value is -1.97. The molecule has 1 N–H and O–H groups in total. The van der Waals surface area contributed by atoms with Gasteiger partial charge in [-0.1, -0.05) is 19.9 Å². The average molecular weight is 401 g/mol. The number of hydrogen-bond acceptors (Lipinski definition) is 4. The highest BCUT2D eigenvalue weighted by molar-refractivity contribution is 14.1. The molecule has 0 saturated heterocycles. The fourth-order valence-electron chi connectivity index (χ4n) is 1.98. The summed E-state index contributed by atoms with van der Waals surface area (Å²) in [7, 11) is 0. The molecule has 8 heteroatoms. The second-order valence-electron chi connectivity index (χ2n) is 4.70. The second kappa shape index (κ2) is 5.80. The third-order valence-electron chi connectivity index (χ3n) is 2.90. The van der Waals surface area contributed by atoms with Gasteiger partial charge in [-0.15, -0.1) is 0 Å². The van der Waals surface area contributed by atoms with E-state index in [4.69, 9.17) is 0 Å². The first-order valence-electron chi connectivity index (χ1n) is 6.09. The highest BCUT2D eigenvalue weighted by Gasteiger charge is 2.24. The molecule has 0 aliphatic carbocycles. The molecule has 0 amide bonds. The van der Waals surface area contributed by atoms with Crippen LogP contribution < -0.4 is 0 Å². The molecular formula is C13H12IN3O4. The molecule has 0 atom stereocenters. The minimum atomic E-state index is -1.12. The first-order valence-corrected chi connectivity index (χ1v) is 7.17. The molecule has 0 saturated carbocycles. The van der Waals surface area contributed by atoms with E-state index in [2.05, 4.69) is 5.10 Å². The Labute approximate surface area is 133 Å². The maximum Gasteiger partial charge on any atom is 0.357 e. The van der Waals surface area contributed by atoms with Gasteiger partial charge in [-0.2, -0.15) is 5.10 Å². The van der Waals surface area contributed by atoms with Crippen LogP contribution in [0.1, 0.15) is 35.9 Å². The quantitative estimate of drug-likeness (QED) is 0.482. The number of carboxylic acid groups (broad SMARTS) is 1. The molecular weight excluding hydrogens is 389 g/mol. The highest BCUT2D eigenvalue weighted by atomic mass is 127. The zero-order chi connectivity index (χ0) is 15.7. The van der Waals surface area contributed by atoms with E-state index in [1.165, 1.54) is 16.8 Å². The molecule has 0 radical (unpaired) electrons. The van der Waals surface area contributed by atoms with Crippen LogP contribution in [0, 0.1) is 13.7 Å². The van der Waals surface area contributed by atoms with Crippen molar-refractivity contribution in [2.75, 3.05) is 0 Å². The molecule has 0 unspecified atom stereocenters. The van der Waals surface area contributed by atoms with Crippen molar-refractivity contribution in [1.29, 1.82) is 0 Å². The molecule has 2 rings (SSSR count). The van der Waals surface area contributed by atoms with Crippen LogP contribution in [0.3, 0.4) is 0 Å². The Kier molecular flexibility index (Phi) is 4.26. The summed E-state index contributed by atoms with van der Waals surface area (Å²) in [5.74, 6) is -1.10. The summed E-state index contributed by atoms with van der Waals surface area (Å²) in [6.45, 7) is 3.83. The summed E-state index contributed by atoms with van der Waals surface area (Å²) in [6, 6.07) is 5.96. The first kappa shape index (κ1) is 15.4. The summed E-state index contributed by atoms with van der Waals surface area (Å²) in [5.41, 5.74) is 1.07. The number of carboxylic acids is 1. The molecule has 7 nitrogen and oxygen atoms in total. The predicted octanol–water partition coefficient (Wildman–Crippen LogP) is 3.21. The Morgan fingerprint density at radius 3 is 2.67 bits per heavy atom. The van der Waals surface area contributed by atoms with E-state index >= 15 is 0 Å². The third kappa shape index (κ3) is 2.89. The molecule has 0 fully saturated rings. The van der Waals surface area contributed by atoms with Gasteiger partial charge in [-0.25, -0.2) is 9.48 Å². The number of benzene rings is 1. The van der Waals surface area contributed by atoms with Crippen LogP contribution in [-0.4, -0.2) is 25.8 Å². The van der Waals surface area contributed by atoms with Crippen LogP contribution in [-0.2, 0) is 0 Å². The van der Waals surface area contributed by atoms with Crippen molar-refractivity contribution in [2.24, 2.45) is 0 Å². The SMILES string of the molecule is CC(C)c1c(I)c(C(=O)O)nn1-c1cccc([N+](=O)[O-])c1. The number of non-ortho nitro benzene ring substituents is 1. The molecule has 1 aromatic carbocycles. The summed E-state index contributed by atoms with van der Waals surface area (Å²) < 4.78 is 2.00. The van der Waals surface area contributed by atoms with Crippen LogP contribution >= 0.6 is 22.6 Å². The van der Waals surface area contributed by atoms with Gasteiger partial charge in [-0.3, -0.25) is 10.1 Å². The number of carbonyl (C=O) groups is 1. The number of rotatable bonds is 4. The van der Waals surface area contributed by atoms with Gasteiger partial charge in [0.05, 0.1) is 19.9 Å². The molecule has 0 aliphatic rings. The number of aromatic nitrogens is 2. The summed E-state index contributed by atoms with van der Waals surface area (Å²) in [4.78, 5) is 21.6. The van der Waals surface area contributed by atoms with Gasteiger partial charge in [0.15, 0.2) is 5.69 Å². The van der Waals surface area contributed by atoms with Crippen molar-refractivity contribution in [3.8, 4) is 5.69 Å². The summed E-state index contributed by atoms with van der Waals surface area (Å²) in [5, 5.41) is 24.1. The molecule has 1 heterocycles. The van der Waals surface area contributed by atoms with Crippen molar-refractivity contribution in [1.82, 2.24) is 9.78 Å². The standard InChI is InChI=1S/C13H12IN3O4/c1-7(2)12-10(14)11(13(18)19)15-16(12)8-4-3-5-9(6-8)17(20)21/h3-7H,1-2H3,(H,18,19). The third-order valence-corrected chi connectivity index (χ3v) is 3.96. The second-order valence-corrected chi connectivity index (χ2v) is 5.78. The van der Waals surface area contributed by atoms with Gasteiger partial charge in [0.25, 0.3) is 5.69 Å². The normalized spacial score (nSPS) is 10.9. The van der Waals surface area contributed by atoms with E-state index in [1.807, 2.05) is 36.4 Å². The molecule has 21 heavy (non-hydrogen) atoms.